The first-order valence-electron chi connectivity index (χ1n) is 5.48. The van der Waals surface area contributed by atoms with Gasteiger partial charge in [-0.05, 0) is 42.3 Å². The van der Waals surface area contributed by atoms with Gasteiger partial charge in [-0.15, -0.1) is 0 Å². The molecular weight excluding hydrogens is 210 g/mol. The van der Waals surface area contributed by atoms with E-state index in [1.54, 1.807) is 0 Å². The lowest BCUT2D eigenvalue weighted by atomic mass is 10.1. The standard InChI is InChI=1S/C15H13NO/c1-12-4-2-6-14(10-12)17-15-7-3-5-13(11-15)8-9-16/h2-7,10-11H,8H2,1H3. The SMILES string of the molecule is Cc1cccc(Oc2cccc(CC#N)c2)c1. The van der Waals surface area contributed by atoms with Crippen LogP contribution in [0.4, 0.5) is 0 Å². The van der Waals surface area contributed by atoms with Crippen LogP contribution in [0.1, 0.15) is 11.1 Å². The van der Waals surface area contributed by atoms with E-state index in [-0.39, 0.29) is 0 Å². The predicted octanol–water partition coefficient (Wildman–Crippen LogP) is 3.85. The normalized spacial score (nSPS) is 9.65. The largest absolute Gasteiger partial charge is 0.457 e. The smallest absolute Gasteiger partial charge is 0.127 e. The summed E-state index contributed by atoms with van der Waals surface area (Å²) in [5.74, 6) is 1.59. The van der Waals surface area contributed by atoms with Crippen molar-refractivity contribution in [2.24, 2.45) is 0 Å². The van der Waals surface area contributed by atoms with Crippen molar-refractivity contribution in [3.8, 4) is 17.6 Å². The number of aryl methyl sites for hydroxylation is 1. The molecule has 0 bridgehead atoms. The van der Waals surface area contributed by atoms with Gasteiger partial charge < -0.3 is 4.74 Å². The molecular formula is C15H13NO. The molecule has 2 aromatic rings. The highest BCUT2D eigenvalue weighted by Crippen LogP contribution is 2.22. The summed E-state index contributed by atoms with van der Waals surface area (Å²) < 4.78 is 5.74. The number of nitrogens with zero attached hydrogens (tertiary/aromatic N) is 1. The minimum Gasteiger partial charge on any atom is -0.457 e. The molecule has 84 valence electrons. The van der Waals surface area contributed by atoms with E-state index >= 15 is 0 Å². The molecule has 0 aliphatic carbocycles. The molecule has 0 aliphatic heterocycles. The van der Waals surface area contributed by atoms with Gasteiger partial charge in [0.15, 0.2) is 0 Å². The van der Waals surface area contributed by atoms with Gasteiger partial charge in [0.2, 0.25) is 0 Å². The predicted molar refractivity (Wildman–Crippen MR) is 67.0 cm³/mol. The Bertz CT molecular complexity index is 555. The Balaban J connectivity index is 2.19. The van der Waals surface area contributed by atoms with E-state index in [4.69, 9.17) is 10.00 Å². The number of hydrogen-bond acceptors (Lipinski definition) is 2. The lowest BCUT2D eigenvalue weighted by molar-refractivity contribution is 0.482. The summed E-state index contributed by atoms with van der Waals surface area (Å²) in [6.45, 7) is 2.03. The van der Waals surface area contributed by atoms with Crippen LogP contribution < -0.4 is 4.74 Å². The summed E-state index contributed by atoms with van der Waals surface area (Å²) in [5, 5.41) is 8.65. The molecule has 0 atom stereocenters. The number of rotatable bonds is 3. The van der Waals surface area contributed by atoms with Gasteiger partial charge in [-0.2, -0.15) is 5.26 Å². The van der Waals surface area contributed by atoms with Gasteiger partial charge in [-0.3, -0.25) is 0 Å². The molecule has 0 spiro atoms. The average Bonchev–Trinajstić information content (AvgIpc) is 2.30. The maximum absolute atomic E-state index is 8.65. The summed E-state index contributed by atoms with van der Waals surface area (Å²) in [6.07, 6.45) is 0.408. The van der Waals surface area contributed by atoms with Crippen molar-refractivity contribution < 1.29 is 4.74 Å². The van der Waals surface area contributed by atoms with Crippen LogP contribution in [0.5, 0.6) is 11.5 Å². The fourth-order valence-electron chi connectivity index (χ4n) is 1.63. The van der Waals surface area contributed by atoms with E-state index in [1.165, 1.54) is 0 Å². The monoisotopic (exact) mass is 223 g/mol. The Labute approximate surface area is 101 Å². The molecule has 0 aromatic heterocycles. The highest BCUT2D eigenvalue weighted by atomic mass is 16.5. The van der Waals surface area contributed by atoms with Crippen molar-refractivity contribution >= 4 is 0 Å². The number of benzene rings is 2. The third-order valence-corrected chi connectivity index (χ3v) is 2.41. The average molecular weight is 223 g/mol. The molecule has 0 aliphatic rings. The van der Waals surface area contributed by atoms with Crippen molar-refractivity contribution in [2.75, 3.05) is 0 Å². The summed E-state index contributed by atoms with van der Waals surface area (Å²) in [7, 11) is 0. The second kappa shape index (κ2) is 5.18. The fraction of sp³-hybridized carbons (Fsp3) is 0.133. The Morgan fingerprint density at radius 2 is 1.76 bits per heavy atom. The first kappa shape index (κ1) is 11.2. The summed E-state index contributed by atoms with van der Waals surface area (Å²) in [5.41, 5.74) is 2.13. The molecule has 0 heterocycles. The molecule has 2 nitrogen and oxygen atoms in total. The molecule has 2 rings (SSSR count). The first-order chi connectivity index (χ1) is 8.28. The molecule has 0 amide bonds. The highest BCUT2D eigenvalue weighted by Gasteiger charge is 1.99. The second-order valence-electron chi connectivity index (χ2n) is 3.90. The van der Waals surface area contributed by atoms with Crippen LogP contribution in [-0.2, 0) is 6.42 Å². The van der Waals surface area contributed by atoms with E-state index in [2.05, 4.69) is 6.07 Å². The van der Waals surface area contributed by atoms with E-state index in [9.17, 15) is 0 Å². The number of hydrogen-bond donors (Lipinski definition) is 0. The van der Waals surface area contributed by atoms with Crippen LogP contribution in [-0.4, -0.2) is 0 Å². The third-order valence-electron chi connectivity index (χ3n) is 2.41. The van der Waals surface area contributed by atoms with Gasteiger partial charge in [0.25, 0.3) is 0 Å². The minimum absolute atomic E-state index is 0.408. The molecule has 0 radical (unpaired) electrons. The van der Waals surface area contributed by atoms with E-state index in [1.807, 2.05) is 55.5 Å². The van der Waals surface area contributed by atoms with Crippen LogP contribution in [0.15, 0.2) is 48.5 Å². The van der Waals surface area contributed by atoms with Crippen molar-refractivity contribution in [3.05, 3.63) is 59.7 Å². The maximum atomic E-state index is 8.65. The lowest BCUT2D eigenvalue weighted by Crippen LogP contribution is -1.87. The summed E-state index contributed by atoms with van der Waals surface area (Å²) in [6, 6.07) is 17.6. The molecule has 0 N–H and O–H groups in total. The number of ether oxygens (including phenoxy) is 1. The van der Waals surface area contributed by atoms with Crippen molar-refractivity contribution in [2.45, 2.75) is 13.3 Å². The maximum Gasteiger partial charge on any atom is 0.127 e. The topological polar surface area (TPSA) is 33.0 Å². The molecule has 0 saturated heterocycles. The van der Waals surface area contributed by atoms with Crippen LogP contribution in [0.3, 0.4) is 0 Å². The Morgan fingerprint density at radius 3 is 2.47 bits per heavy atom. The summed E-state index contributed by atoms with van der Waals surface area (Å²) >= 11 is 0. The van der Waals surface area contributed by atoms with Crippen LogP contribution in [0.25, 0.3) is 0 Å². The van der Waals surface area contributed by atoms with Crippen LogP contribution in [0, 0.1) is 18.3 Å². The zero-order valence-corrected chi connectivity index (χ0v) is 9.68. The summed E-state index contributed by atoms with van der Waals surface area (Å²) in [4.78, 5) is 0. The van der Waals surface area contributed by atoms with E-state index < -0.39 is 0 Å². The van der Waals surface area contributed by atoms with Gasteiger partial charge in [-0.25, -0.2) is 0 Å². The lowest BCUT2D eigenvalue weighted by Gasteiger charge is -2.07. The van der Waals surface area contributed by atoms with Crippen molar-refractivity contribution in [1.29, 1.82) is 5.26 Å². The minimum atomic E-state index is 0.408. The fourth-order valence-corrected chi connectivity index (χ4v) is 1.63. The molecule has 2 aromatic carbocycles. The highest BCUT2D eigenvalue weighted by molar-refractivity contribution is 5.36. The quantitative estimate of drug-likeness (QED) is 0.791. The van der Waals surface area contributed by atoms with Gasteiger partial charge in [0.1, 0.15) is 11.5 Å². The molecule has 2 heteroatoms. The van der Waals surface area contributed by atoms with Crippen molar-refractivity contribution in [3.63, 3.8) is 0 Å². The number of nitriles is 1. The van der Waals surface area contributed by atoms with E-state index in [0.29, 0.717) is 6.42 Å². The molecule has 17 heavy (non-hydrogen) atoms. The molecule has 0 unspecified atom stereocenters. The Hall–Kier alpha value is -2.27. The Morgan fingerprint density at radius 1 is 1.06 bits per heavy atom. The first-order valence-corrected chi connectivity index (χ1v) is 5.48. The van der Waals surface area contributed by atoms with Gasteiger partial charge in [0.05, 0.1) is 12.5 Å². The van der Waals surface area contributed by atoms with Crippen LogP contribution >= 0.6 is 0 Å². The molecule has 0 fully saturated rings. The Kier molecular flexibility index (Phi) is 3.42. The van der Waals surface area contributed by atoms with Gasteiger partial charge >= 0.3 is 0 Å². The van der Waals surface area contributed by atoms with Gasteiger partial charge in [0, 0.05) is 0 Å². The van der Waals surface area contributed by atoms with E-state index in [0.717, 1.165) is 22.6 Å². The van der Waals surface area contributed by atoms with Gasteiger partial charge in [-0.1, -0.05) is 24.3 Å². The zero-order chi connectivity index (χ0) is 12.1. The zero-order valence-electron chi connectivity index (χ0n) is 9.68. The molecule has 0 saturated carbocycles. The third kappa shape index (κ3) is 3.09. The van der Waals surface area contributed by atoms with Crippen molar-refractivity contribution in [1.82, 2.24) is 0 Å². The van der Waals surface area contributed by atoms with Crippen LogP contribution in [0.2, 0.25) is 0 Å². The second-order valence-corrected chi connectivity index (χ2v) is 3.90.